The van der Waals surface area contributed by atoms with Crippen molar-refractivity contribution < 1.29 is 19.1 Å². The molecule has 1 aliphatic rings. The summed E-state index contributed by atoms with van der Waals surface area (Å²) in [5.41, 5.74) is 4.95. The molecule has 212 valence electrons. The maximum atomic E-state index is 13.9. The lowest BCUT2D eigenvalue weighted by Gasteiger charge is -2.35. The zero-order valence-electron chi connectivity index (χ0n) is 26.3. The molecule has 0 unspecified atom stereocenters. The van der Waals surface area contributed by atoms with E-state index in [0.29, 0.717) is 19.5 Å². The van der Waals surface area contributed by atoms with Crippen LogP contribution in [-0.4, -0.2) is 39.4 Å². The van der Waals surface area contributed by atoms with Crippen molar-refractivity contribution in [1.82, 2.24) is 9.47 Å². The largest absolute Gasteiger partial charge is 0.444 e. The Bertz CT molecular complexity index is 1240. The first-order valence-electron chi connectivity index (χ1n) is 14.0. The smallest absolute Gasteiger partial charge is 0.419 e. The Kier molecular flexibility index (Phi) is 7.59. The molecular formula is C32H50N2O4. The van der Waals surface area contributed by atoms with Crippen molar-refractivity contribution in [3.05, 3.63) is 34.0 Å². The number of amides is 1. The van der Waals surface area contributed by atoms with Gasteiger partial charge in [-0.05, 0) is 87.6 Å². The van der Waals surface area contributed by atoms with E-state index in [1.807, 2.05) is 51.0 Å². The average Bonchev–Trinajstić information content (AvgIpc) is 3.03. The van der Waals surface area contributed by atoms with Crippen molar-refractivity contribution in [2.24, 2.45) is 0 Å². The zero-order chi connectivity index (χ0) is 29.2. The van der Waals surface area contributed by atoms with Gasteiger partial charge in [-0.25, -0.2) is 14.2 Å². The van der Waals surface area contributed by atoms with Gasteiger partial charge in [0.1, 0.15) is 11.2 Å². The molecule has 1 aliphatic heterocycles. The van der Waals surface area contributed by atoms with Crippen LogP contribution in [0.25, 0.3) is 10.9 Å². The monoisotopic (exact) mass is 526 g/mol. The van der Waals surface area contributed by atoms with Crippen LogP contribution in [0, 0.1) is 0 Å². The van der Waals surface area contributed by atoms with Gasteiger partial charge in [0.15, 0.2) is 0 Å². The first kappa shape index (κ1) is 30.0. The molecule has 0 saturated heterocycles. The molecule has 6 heteroatoms. The van der Waals surface area contributed by atoms with Gasteiger partial charge in [0.25, 0.3) is 0 Å². The summed E-state index contributed by atoms with van der Waals surface area (Å²) in [7, 11) is 0. The van der Waals surface area contributed by atoms with Crippen molar-refractivity contribution in [3.63, 3.8) is 0 Å². The number of ether oxygens (including phenoxy) is 2. The van der Waals surface area contributed by atoms with E-state index >= 15 is 0 Å². The van der Waals surface area contributed by atoms with E-state index in [1.165, 1.54) is 22.3 Å². The minimum Gasteiger partial charge on any atom is -0.444 e. The molecule has 1 amide bonds. The van der Waals surface area contributed by atoms with Crippen LogP contribution in [-0.2, 0) is 33.3 Å². The molecule has 0 spiro atoms. The van der Waals surface area contributed by atoms with Crippen LogP contribution in [0.5, 0.6) is 0 Å². The van der Waals surface area contributed by atoms with E-state index in [4.69, 9.17) is 9.47 Å². The summed E-state index contributed by atoms with van der Waals surface area (Å²) in [6.45, 7) is 30.0. The molecular weight excluding hydrogens is 476 g/mol. The first-order valence-corrected chi connectivity index (χ1v) is 14.0. The third-order valence-corrected chi connectivity index (χ3v) is 6.76. The highest BCUT2D eigenvalue weighted by molar-refractivity contribution is 5.98. The molecule has 38 heavy (non-hydrogen) atoms. The number of aromatic nitrogens is 1. The number of hydrogen-bond donors (Lipinski definition) is 0. The number of carbonyl (C=O) groups excluding carboxylic acids is 2. The molecule has 0 N–H and O–H groups in total. The highest BCUT2D eigenvalue weighted by Crippen LogP contribution is 2.46. The standard InChI is InChI=1S/C32H50N2O4/c1-19(2)23-24-22(34(26(23)30(6,7)8)28(36)38-32(12,13)14)17-20-15-16-33(27(35)37-31(9,10)11)18-21(20)25(24)29(3,4)5/h17,19H,15-16,18H2,1-14H3. The SMILES string of the molecule is CC(C)c1c(C(C)(C)C)n(C(=O)OC(C)(C)C)c2cc3c(c(C(C)(C)C)c12)CN(C(=O)OC(C)(C)C)CC3. The van der Waals surface area contributed by atoms with Gasteiger partial charge in [0.05, 0.1) is 5.52 Å². The Hall–Kier alpha value is -2.50. The zero-order valence-corrected chi connectivity index (χ0v) is 26.3. The normalized spacial score (nSPS) is 15.2. The molecule has 2 heterocycles. The van der Waals surface area contributed by atoms with Crippen molar-refractivity contribution in [2.75, 3.05) is 6.54 Å². The molecule has 0 aliphatic carbocycles. The van der Waals surface area contributed by atoms with E-state index in [0.717, 1.165) is 16.6 Å². The van der Waals surface area contributed by atoms with Gasteiger partial charge < -0.3 is 14.4 Å². The summed E-state index contributed by atoms with van der Waals surface area (Å²) in [5.74, 6) is 0.181. The molecule has 0 fully saturated rings. The van der Waals surface area contributed by atoms with Crippen molar-refractivity contribution >= 4 is 23.1 Å². The lowest BCUT2D eigenvalue weighted by atomic mass is 9.75. The molecule has 0 bridgehead atoms. The van der Waals surface area contributed by atoms with Crippen LogP contribution in [0.3, 0.4) is 0 Å². The molecule has 0 atom stereocenters. The van der Waals surface area contributed by atoms with Crippen LogP contribution in [0.4, 0.5) is 9.59 Å². The van der Waals surface area contributed by atoms with E-state index < -0.39 is 11.2 Å². The van der Waals surface area contributed by atoms with Gasteiger partial charge in [0.2, 0.25) is 0 Å². The topological polar surface area (TPSA) is 60.8 Å². The quantitative estimate of drug-likeness (QED) is 0.374. The number of nitrogens with zero attached hydrogens (tertiary/aromatic N) is 2. The maximum absolute atomic E-state index is 13.9. The average molecular weight is 527 g/mol. The lowest BCUT2D eigenvalue weighted by molar-refractivity contribution is 0.0222. The Morgan fingerprint density at radius 3 is 1.79 bits per heavy atom. The van der Waals surface area contributed by atoms with E-state index in [2.05, 4.69) is 61.5 Å². The van der Waals surface area contributed by atoms with Crippen LogP contribution in [0.1, 0.15) is 131 Å². The van der Waals surface area contributed by atoms with Crippen molar-refractivity contribution in [1.29, 1.82) is 0 Å². The fourth-order valence-electron chi connectivity index (χ4n) is 5.61. The summed E-state index contributed by atoms with van der Waals surface area (Å²) in [6, 6.07) is 2.18. The van der Waals surface area contributed by atoms with Gasteiger partial charge in [-0.1, -0.05) is 55.4 Å². The second kappa shape index (κ2) is 9.60. The summed E-state index contributed by atoms with van der Waals surface area (Å²) < 4.78 is 13.6. The summed E-state index contributed by atoms with van der Waals surface area (Å²) in [4.78, 5) is 28.7. The Morgan fingerprint density at radius 2 is 1.34 bits per heavy atom. The summed E-state index contributed by atoms with van der Waals surface area (Å²) in [6.07, 6.45) is 0.0776. The number of benzene rings is 1. The summed E-state index contributed by atoms with van der Waals surface area (Å²) in [5, 5.41) is 1.12. The Labute approximate surface area is 230 Å². The predicted octanol–water partition coefficient (Wildman–Crippen LogP) is 8.44. The highest BCUT2D eigenvalue weighted by Gasteiger charge is 2.38. The minimum atomic E-state index is -0.615. The Morgan fingerprint density at radius 1 is 0.816 bits per heavy atom. The minimum absolute atomic E-state index is 0.181. The molecule has 0 saturated carbocycles. The highest BCUT2D eigenvalue weighted by atomic mass is 16.6. The van der Waals surface area contributed by atoms with E-state index in [1.54, 1.807) is 0 Å². The van der Waals surface area contributed by atoms with Crippen molar-refractivity contribution in [3.8, 4) is 0 Å². The molecule has 1 aromatic carbocycles. The van der Waals surface area contributed by atoms with Gasteiger partial charge in [-0.15, -0.1) is 0 Å². The van der Waals surface area contributed by atoms with Crippen molar-refractivity contribution in [2.45, 2.75) is 138 Å². The van der Waals surface area contributed by atoms with Crippen LogP contribution in [0.2, 0.25) is 0 Å². The second-order valence-corrected chi connectivity index (χ2v) is 15.2. The van der Waals surface area contributed by atoms with Gasteiger partial charge >= 0.3 is 12.2 Å². The number of rotatable bonds is 1. The molecule has 1 aromatic heterocycles. The number of fused-ring (bicyclic) bond motifs is 2. The van der Waals surface area contributed by atoms with Crippen LogP contribution < -0.4 is 0 Å². The van der Waals surface area contributed by atoms with E-state index in [9.17, 15) is 9.59 Å². The van der Waals surface area contributed by atoms with Crippen LogP contribution in [0.15, 0.2) is 6.07 Å². The van der Waals surface area contributed by atoms with Gasteiger partial charge in [-0.2, -0.15) is 0 Å². The van der Waals surface area contributed by atoms with Crippen LogP contribution >= 0.6 is 0 Å². The summed E-state index contributed by atoms with van der Waals surface area (Å²) >= 11 is 0. The van der Waals surface area contributed by atoms with Gasteiger partial charge in [-0.3, -0.25) is 0 Å². The maximum Gasteiger partial charge on any atom is 0.419 e. The van der Waals surface area contributed by atoms with E-state index in [-0.39, 0.29) is 28.9 Å². The number of carbonyl (C=O) groups is 2. The molecule has 2 aromatic rings. The third-order valence-electron chi connectivity index (χ3n) is 6.76. The van der Waals surface area contributed by atoms with Gasteiger partial charge in [0, 0.05) is 29.6 Å². The Balaban J connectivity index is 2.43. The second-order valence-electron chi connectivity index (χ2n) is 15.2. The molecule has 0 radical (unpaired) electrons. The molecule has 3 rings (SSSR count). The third kappa shape index (κ3) is 6.05. The lowest BCUT2D eigenvalue weighted by Crippen LogP contribution is -2.40. The first-order chi connectivity index (χ1) is 17.0. The molecule has 6 nitrogen and oxygen atoms in total. The fraction of sp³-hybridized carbons (Fsp3) is 0.688. The number of hydrogen-bond acceptors (Lipinski definition) is 4. The fourth-order valence-corrected chi connectivity index (χ4v) is 5.61. The predicted molar refractivity (Wildman–Crippen MR) is 155 cm³/mol.